The molecule has 0 fully saturated rings. The van der Waals surface area contributed by atoms with E-state index in [1.165, 1.54) is 50.1 Å². The molecule has 0 saturated carbocycles. The molecule has 5 aliphatic carbocycles. The number of hydrogen-bond acceptors (Lipinski definition) is 3. The van der Waals surface area contributed by atoms with Crippen molar-refractivity contribution in [3.8, 4) is 67.4 Å². The van der Waals surface area contributed by atoms with E-state index in [1.54, 1.807) is 5.57 Å². The minimum atomic E-state index is -0.163. The fourth-order valence-corrected chi connectivity index (χ4v) is 12.1. The van der Waals surface area contributed by atoms with Gasteiger partial charge in [0.2, 0.25) is 0 Å². The molecule has 0 aliphatic heterocycles. The summed E-state index contributed by atoms with van der Waals surface area (Å²) >= 11 is 0. The van der Waals surface area contributed by atoms with Crippen LogP contribution in [0.25, 0.3) is 73.0 Å². The molecule has 5 aliphatic rings. The lowest BCUT2D eigenvalue weighted by atomic mass is 9.63. The van der Waals surface area contributed by atoms with Crippen molar-refractivity contribution in [2.24, 2.45) is 5.92 Å². The first-order valence-electron chi connectivity index (χ1n) is 22.7. The maximum atomic E-state index is 5.20. The molecule has 0 bridgehead atoms. The van der Waals surface area contributed by atoms with Crippen LogP contribution in [0.3, 0.4) is 0 Å². The highest BCUT2D eigenvalue weighted by Gasteiger charge is 2.57. The second kappa shape index (κ2) is 14.0. The first-order valence-corrected chi connectivity index (χ1v) is 22.7. The molecule has 0 N–H and O–H groups in total. The number of rotatable bonds is 5. The van der Waals surface area contributed by atoms with Gasteiger partial charge in [0.05, 0.1) is 22.5 Å². The van der Waals surface area contributed by atoms with Crippen LogP contribution >= 0.6 is 0 Å². The average molecular weight is 820 g/mol. The minimum absolute atomic E-state index is 0.105. The molecule has 3 heteroatoms. The van der Waals surface area contributed by atoms with Gasteiger partial charge in [-0.2, -0.15) is 0 Å². The molecule has 1 spiro atoms. The van der Waals surface area contributed by atoms with Crippen molar-refractivity contribution in [2.45, 2.75) is 43.4 Å². The van der Waals surface area contributed by atoms with Crippen molar-refractivity contribution in [2.75, 3.05) is 0 Å². The number of allylic oxidation sites excluding steroid dienone is 8. The van der Waals surface area contributed by atoms with Crippen LogP contribution in [-0.4, -0.2) is 15.0 Å². The van der Waals surface area contributed by atoms with E-state index in [-0.39, 0.29) is 10.8 Å². The fourth-order valence-electron chi connectivity index (χ4n) is 12.1. The topological polar surface area (TPSA) is 38.7 Å². The summed E-state index contributed by atoms with van der Waals surface area (Å²) in [5.74, 6) is 1.45. The monoisotopic (exact) mass is 819 g/mol. The van der Waals surface area contributed by atoms with Crippen LogP contribution in [-0.2, 0) is 10.8 Å². The Kier molecular flexibility index (Phi) is 8.12. The Morgan fingerprint density at radius 2 is 1.22 bits per heavy atom. The van der Waals surface area contributed by atoms with Gasteiger partial charge in [0.25, 0.3) is 0 Å². The Balaban J connectivity index is 0.886. The van der Waals surface area contributed by atoms with Crippen molar-refractivity contribution in [3.05, 3.63) is 239 Å². The molecular formula is C61H45N3. The Morgan fingerprint density at radius 1 is 0.516 bits per heavy atom. The van der Waals surface area contributed by atoms with Crippen LogP contribution in [0.1, 0.15) is 66.0 Å². The van der Waals surface area contributed by atoms with Crippen LogP contribution in [0.15, 0.2) is 206 Å². The number of benzene rings is 6. The Morgan fingerprint density at radius 3 is 2.09 bits per heavy atom. The SMILES string of the molecule is CC1(C)c2ccccc2-c2ccc(-c3cc(-c4ccc(-c5cccnc5-c5ccc6c(c5)C5=C(CCC=C5)C65c6ccccc6C6C=CC=CC65)cc4)nc(-c4ccccc4)n3)cc21. The summed E-state index contributed by atoms with van der Waals surface area (Å²) in [6.45, 7) is 4.66. The summed E-state index contributed by atoms with van der Waals surface area (Å²) < 4.78 is 0. The lowest BCUT2D eigenvalue weighted by molar-refractivity contribution is 0.444. The lowest BCUT2D eigenvalue weighted by Gasteiger charge is -2.38. The number of fused-ring (bicyclic) bond motifs is 12. The quantitative estimate of drug-likeness (QED) is 0.174. The fraction of sp³-hybridized carbons (Fsp3) is 0.131. The molecule has 0 radical (unpaired) electrons. The highest BCUT2D eigenvalue weighted by molar-refractivity contribution is 5.93. The van der Waals surface area contributed by atoms with Gasteiger partial charge in [-0.05, 0) is 98.3 Å². The Labute approximate surface area is 375 Å². The van der Waals surface area contributed by atoms with Crippen LogP contribution in [0.4, 0.5) is 0 Å². The third-order valence-corrected chi connectivity index (χ3v) is 15.0. The summed E-state index contributed by atoms with van der Waals surface area (Å²) in [7, 11) is 0. The van der Waals surface area contributed by atoms with E-state index in [0.717, 1.165) is 63.3 Å². The summed E-state index contributed by atoms with van der Waals surface area (Å²) in [5, 5.41) is 0. The van der Waals surface area contributed by atoms with Crippen LogP contribution in [0.5, 0.6) is 0 Å². The van der Waals surface area contributed by atoms with Crippen LogP contribution in [0.2, 0.25) is 0 Å². The Bertz CT molecular complexity index is 3360. The van der Waals surface area contributed by atoms with Crippen molar-refractivity contribution < 1.29 is 0 Å². The van der Waals surface area contributed by atoms with Gasteiger partial charge in [0.15, 0.2) is 5.82 Å². The van der Waals surface area contributed by atoms with Crippen LogP contribution in [0, 0.1) is 5.92 Å². The molecule has 8 aromatic rings. The molecule has 0 saturated heterocycles. The van der Waals surface area contributed by atoms with E-state index in [4.69, 9.17) is 15.0 Å². The number of aromatic nitrogens is 3. The predicted octanol–water partition coefficient (Wildman–Crippen LogP) is 14.8. The third-order valence-electron chi connectivity index (χ3n) is 15.0. The van der Waals surface area contributed by atoms with Gasteiger partial charge in [-0.15, -0.1) is 0 Å². The van der Waals surface area contributed by atoms with Gasteiger partial charge in [-0.3, -0.25) is 4.98 Å². The Hall–Kier alpha value is -7.49. The van der Waals surface area contributed by atoms with E-state index >= 15 is 0 Å². The highest BCUT2D eigenvalue weighted by Crippen LogP contribution is 2.66. The molecule has 0 amide bonds. The molecule has 3 nitrogen and oxygen atoms in total. The smallest absolute Gasteiger partial charge is 0.160 e. The number of pyridine rings is 1. The van der Waals surface area contributed by atoms with Gasteiger partial charge in [-0.1, -0.05) is 184 Å². The van der Waals surface area contributed by atoms with Crippen molar-refractivity contribution in [1.82, 2.24) is 15.0 Å². The zero-order valence-corrected chi connectivity index (χ0v) is 36.0. The molecule has 64 heavy (non-hydrogen) atoms. The third kappa shape index (κ3) is 5.31. The standard InChI is InChI=1S/C61H45N3/c1-60(2)50-22-10-6-17-44(50)48-32-30-41(36-55(48)60)57-37-56(63-59(64-57)40-15-4-3-5-16-40)39-28-26-38(27-29-39)43-21-14-34-62-58(43)42-31-33-54-49(35-42)47-20-9-13-25-53(47)61(54)51-23-11-7-18-45(51)46-19-8-12-24-52(46)61/h3-12,14-24,26-37,45,51H,13,25H2,1-2H3. The summed E-state index contributed by atoms with van der Waals surface area (Å²) in [6, 6.07) is 57.6. The number of hydrogen-bond donors (Lipinski definition) is 0. The predicted molar refractivity (Wildman–Crippen MR) is 262 cm³/mol. The van der Waals surface area contributed by atoms with Crippen molar-refractivity contribution >= 4 is 5.57 Å². The largest absolute Gasteiger partial charge is 0.256 e. The normalized spacial score (nSPS) is 20.2. The maximum Gasteiger partial charge on any atom is 0.160 e. The molecule has 3 atom stereocenters. The zero-order valence-electron chi connectivity index (χ0n) is 36.0. The average Bonchev–Trinajstić information content (AvgIpc) is 3.92. The minimum Gasteiger partial charge on any atom is -0.256 e. The molecule has 13 rings (SSSR count). The molecular weight excluding hydrogens is 775 g/mol. The summed E-state index contributed by atoms with van der Waals surface area (Å²) in [4.78, 5) is 15.5. The van der Waals surface area contributed by atoms with Gasteiger partial charge in [0.1, 0.15) is 0 Å². The van der Waals surface area contributed by atoms with Gasteiger partial charge < -0.3 is 0 Å². The molecule has 2 aromatic heterocycles. The second-order valence-electron chi connectivity index (χ2n) is 18.5. The van der Waals surface area contributed by atoms with E-state index in [2.05, 4.69) is 202 Å². The summed E-state index contributed by atoms with van der Waals surface area (Å²) in [6.07, 6.45) is 18.3. The van der Waals surface area contributed by atoms with Gasteiger partial charge in [0, 0.05) is 51.3 Å². The lowest BCUT2D eigenvalue weighted by Crippen LogP contribution is -2.34. The van der Waals surface area contributed by atoms with Crippen molar-refractivity contribution in [3.63, 3.8) is 0 Å². The molecule has 3 unspecified atom stereocenters. The zero-order chi connectivity index (χ0) is 42.6. The van der Waals surface area contributed by atoms with E-state index < -0.39 is 0 Å². The molecule has 6 aromatic carbocycles. The highest BCUT2D eigenvalue weighted by atomic mass is 14.9. The van der Waals surface area contributed by atoms with Crippen molar-refractivity contribution in [1.29, 1.82) is 0 Å². The van der Waals surface area contributed by atoms with Gasteiger partial charge in [-0.25, -0.2) is 9.97 Å². The van der Waals surface area contributed by atoms with Gasteiger partial charge >= 0.3 is 0 Å². The van der Waals surface area contributed by atoms with E-state index in [1.807, 2.05) is 12.3 Å². The first-order chi connectivity index (χ1) is 31.5. The molecule has 304 valence electrons. The van der Waals surface area contributed by atoms with Crippen LogP contribution < -0.4 is 0 Å². The maximum absolute atomic E-state index is 5.20. The van der Waals surface area contributed by atoms with E-state index in [0.29, 0.717) is 17.7 Å². The number of nitrogens with zero attached hydrogens (tertiary/aromatic N) is 3. The summed E-state index contributed by atoms with van der Waals surface area (Å²) in [5.41, 5.74) is 23.0. The molecule has 2 heterocycles. The van der Waals surface area contributed by atoms with E-state index in [9.17, 15) is 0 Å². The second-order valence-corrected chi connectivity index (χ2v) is 18.5. The first kappa shape index (κ1) is 37.1.